The lowest BCUT2D eigenvalue weighted by atomic mass is 10.1. The zero-order valence-corrected chi connectivity index (χ0v) is 14.8. The summed E-state index contributed by atoms with van der Waals surface area (Å²) in [7, 11) is 0. The molecule has 7 heteroatoms. The third kappa shape index (κ3) is 4.04. The number of nitrogens with one attached hydrogen (secondary N) is 1. The third-order valence-electron chi connectivity index (χ3n) is 3.27. The van der Waals surface area contributed by atoms with Gasteiger partial charge in [0.1, 0.15) is 10.7 Å². The van der Waals surface area contributed by atoms with E-state index in [4.69, 9.17) is 4.74 Å². The van der Waals surface area contributed by atoms with Gasteiger partial charge >= 0.3 is 5.97 Å². The third-order valence-corrected chi connectivity index (χ3v) is 4.46. The zero-order chi connectivity index (χ0) is 17.1. The first-order valence-electron chi connectivity index (χ1n) is 7.51. The molecule has 1 N–H and O–H groups in total. The van der Waals surface area contributed by atoms with Crippen molar-refractivity contribution in [1.82, 2.24) is 15.3 Å². The molecule has 2 heterocycles. The first kappa shape index (κ1) is 17.3. The van der Waals surface area contributed by atoms with Gasteiger partial charge in [0.15, 0.2) is 0 Å². The lowest BCUT2D eigenvalue weighted by molar-refractivity contribution is -0.147. The van der Waals surface area contributed by atoms with Crippen molar-refractivity contribution in [1.29, 1.82) is 0 Å². The SMILES string of the molecule is Cc1nc(C)c2c(C)c(C(=O)NCCC(=O)OC(C)C)sc2n1. The number of nitrogens with zero attached hydrogens (tertiary/aromatic N) is 2. The van der Waals surface area contributed by atoms with Crippen LogP contribution in [-0.2, 0) is 9.53 Å². The average Bonchev–Trinajstić information content (AvgIpc) is 2.74. The molecule has 0 aliphatic carbocycles. The molecular weight excluding hydrogens is 314 g/mol. The van der Waals surface area contributed by atoms with Gasteiger partial charge in [0, 0.05) is 17.6 Å². The summed E-state index contributed by atoms with van der Waals surface area (Å²) in [5.41, 5.74) is 1.76. The van der Waals surface area contributed by atoms with E-state index in [-0.39, 0.29) is 30.9 Å². The molecule has 0 aliphatic heterocycles. The number of amides is 1. The Hall–Kier alpha value is -2.02. The van der Waals surface area contributed by atoms with Crippen LogP contribution in [0, 0.1) is 20.8 Å². The second kappa shape index (κ2) is 7.04. The summed E-state index contributed by atoms with van der Waals surface area (Å²) >= 11 is 1.35. The Labute approximate surface area is 139 Å². The van der Waals surface area contributed by atoms with Crippen molar-refractivity contribution in [3.63, 3.8) is 0 Å². The standard InChI is InChI=1S/C16H21N3O3S/c1-8(2)22-12(20)6-7-17-15(21)14-9(3)13-10(4)18-11(5)19-16(13)23-14/h8H,6-7H2,1-5H3,(H,17,21). The van der Waals surface area contributed by atoms with Crippen LogP contribution in [0.4, 0.5) is 0 Å². The quantitative estimate of drug-likeness (QED) is 0.850. The van der Waals surface area contributed by atoms with Gasteiger partial charge in [0.05, 0.1) is 17.4 Å². The number of carbonyl (C=O) groups is 2. The molecule has 0 saturated heterocycles. The molecule has 6 nitrogen and oxygen atoms in total. The van der Waals surface area contributed by atoms with E-state index >= 15 is 0 Å². The molecule has 1 amide bonds. The van der Waals surface area contributed by atoms with E-state index in [0.717, 1.165) is 21.5 Å². The minimum absolute atomic E-state index is 0.146. The molecule has 0 unspecified atom stereocenters. The van der Waals surface area contributed by atoms with Crippen LogP contribution in [0.2, 0.25) is 0 Å². The maximum Gasteiger partial charge on any atom is 0.307 e. The molecule has 0 fully saturated rings. The minimum atomic E-state index is -0.314. The fourth-order valence-corrected chi connectivity index (χ4v) is 3.56. The highest BCUT2D eigenvalue weighted by molar-refractivity contribution is 7.20. The van der Waals surface area contributed by atoms with Crippen LogP contribution in [0.5, 0.6) is 0 Å². The molecule has 0 aromatic carbocycles. The van der Waals surface area contributed by atoms with Crippen molar-refractivity contribution in [2.45, 2.75) is 47.1 Å². The van der Waals surface area contributed by atoms with Crippen molar-refractivity contribution in [2.24, 2.45) is 0 Å². The maximum atomic E-state index is 12.3. The van der Waals surface area contributed by atoms with Crippen LogP contribution < -0.4 is 5.32 Å². The van der Waals surface area contributed by atoms with Gasteiger partial charge in [-0.05, 0) is 40.2 Å². The van der Waals surface area contributed by atoms with E-state index in [1.54, 1.807) is 13.8 Å². The number of ether oxygens (including phenoxy) is 1. The summed E-state index contributed by atoms with van der Waals surface area (Å²) in [6.45, 7) is 9.49. The molecule has 2 aromatic rings. The number of rotatable bonds is 5. The number of carbonyl (C=O) groups excluding carboxylic acids is 2. The van der Waals surface area contributed by atoms with Crippen LogP contribution >= 0.6 is 11.3 Å². The van der Waals surface area contributed by atoms with Crippen LogP contribution in [0.25, 0.3) is 10.2 Å². The van der Waals surface area contributed by atoms with E-state index in [1.165, 1.54) is 11.3 Å². The summed E-state index contributed by atoms with van der Waals surface area (Å²) in [5.74, 6) is 0.185. The molecule has 23 heavy (non-hydrogen) atoms. The van der Waals surface area contributed by atoms with Gasteiger partial charge in [-0.1, -0.05) is 0 Å². The number of fused-ring (bicyclic) bond motifs is 1. The Kier molecular flexibility index (Phi) is 5.30. The van der Waals surface area contributed by atoms with Gasteiger partial charge in [-0.25, -0.2) is 9.97 Å². The van der Waals surface area contributed by atoms with Gasteiger partial charge in [0.2, 0.25) is 0 Å². The first-order chi connectivity index (χ1) is 10.8. The Bertz CT molecular complexity index is 753. The van der Waals surface area contributed by atoms with Gasteiger partial charge in [0.25, 0.3) is 5.91 Å². The van der Waals surface area contributed by atoms with Gasteiger partial charge in [-0.3, -0.25) is 9.59 Å². The summed E-state index contributed by atoms with van der Waals surface area (Å²) in [4.78, 5) is 34.0. The predicted octanol–water partition coefficient (Wildman–Crippen LogP) is 2.69. The fourth-order valence-electron chi connectivity index (χ4n) is 2.37. The van der Waals surface area contributed by atoms with Crippen molar-refractivity contribution in [2.75, 3.05) is 6.54 Å². The number of esters is 1. The molecule has 124 valence electrons. The Morgan fingerprint density at radius 3 is 2.57 bits per heavy atom. The second-order valence-corrected chi connectivity index (χ2v) is 6.64. The lowest BCUT2D eigenvalue weighted by Gasteiger charge is -2.08. The highest BCUT2D eigenvalue weighted by Crippen LogP contribution is 2.31. The van der Waals surface area contributed by atoms with Crippen molar-refractivity contribution in [3.8, 4) is 0 Å². The number of hydrogen-bond acceptors (Lipinski definition) is 6. The Morgan fingerprint density at radius 1 is 1.22 bits per heavy atom. The summed E-state index contributed by atoms with van der Waals surface area (Å²) in [5, 5.41) is 3.70. The predicted molar refractivity (Wildman–Crippen MR) is 89.8 cm³/mol. The van der Waals surface area contributed by atoms with Crippen LogP contribution in [-0.4, -0.2) is 34.5 Å². The minimum Gasteiger partial charge on any atom is -0.463 e. The van der Waals surface area contributed by atoms with Crippen molar-refractivity contribution in [3.05, 3.63) is 22.0 Å². The van der Waals surface area contributed by atoms with Gasteiger partial charge < -0.3 is 10.1 Å². The topological polar surface area (TPSA) is 81.2 Å². The van der Waals surface area contributed by atoms with E-state index < -0.39 is 0 Å². The molecule has 0 bridgehead atoms. The monoisotopic (exact) mass is 335 g/mol. The first-order valence-corrected chi connectivity index (χ1v) is 8.33. The van der Waals surface area contributed by atoms with Crippen LogP contribution in [0.1, 0.15) is 47.0 Å². The van der Waals surface area contributed by atoms with Crippen molar-refractivity contribution >= 4 is 33.4 Å². The maximum absolute atomic E-state index is 12.3. The molecule has 0 aliphatic rings. The number of aryl methyl sites for hydroxylation is 3. The highest BCUT2D eigenvalue weighted by Gasteiger charge is 2.18. The van der Waals surface area contributed by atoms with Gasteiger partial charge in [-0.2, -0.15) is 0 Å². The normalized spacial score (nSPS) is 11.0. The van der Waals surface area contributed by atoms with E-state index in [2.05, 4.69) is 15.3 Å². The largest absolute Gasteiger partial charge is 0.463 e. The van der Waals surface area contributed by atoms with E-state index in [1.807, 2.05) is 20.8 Å². The molecule has 0 saturated carbocycles. The fraction of sp³-hybridized carbons (Fsp3) is 0.500. The van der Waals surface area contributed by atoms with Crippen LogP contribution in [0.15, 0.2) is 0 Å². The Morgan fingerprint density at radius 2 is 1.91 bits per heavy atom. The van der Waals surface area contributed by atoms with E-state index in [0.29, 0.717) is 10.7 Å². The molecule has 0 radical (unpaired) electrons. The van der Waals surface area contributed by atoms with Crippen molar-refractivity contribution < 1.29 is 14.3 Å². The number of thiophene rings is 1. The molecule has 2 aromatic heterocycles. The van der Waals surface area contributed by atoms with Crippen LogP contribution in [0.3, 0.4) is 0 Å². The smallest absolute Gasteiger partial charge is 0.307 e. The number of aromatic nitrogens is 2. The summed E-state index contributed by atoms with van der Waals surface area (Å²) < 4.78 is 5.03. The summed E-state index contributed by atoms with van der Waals surface area (Å²) in [6, 6.07) is 0. The lowest BCUT2D eigenvalue weighted by Crippen LogP contribution is -2.26. The molecule has 0 atom stereocenters. The summed E-state index contributed by atoms with van der Waals surface area (Å²) in [6.07, 6.45) is 0.0130. The van der Waals surface area contributed by atoms with E-state index in [9.17, 15) is 9.59 Å². The molecule has 2 rings (SSSR count). The molecular formula is C16H21N3O3S. The Balaban J connectivity index is 2.08. The zero-order valence-electron chi connectivity index (χ0n) is 14.0. The number of hydrogen-bond donors (Lipinski definition) is 1. The highest BCUT2D eigenvalue weighted by atomic mass is 32.1. The second-order valence-electron chi connectivity index (χ2n) is 5.64. The molecule has 0 spiro atoms. The average molecular weight is 335 g/mol. The van der Waals surface area contributed by atoms with Gasteiger partial charge in [-0.15, -0.1) is 11.3 Å².